The van der Waals surface area contributed by atoms with Crippen LogP contribution in [0.15, 0.2) is 0 Å². The van der Waals surface area contributed by atoms with Gasteiger partial charge in [0.15, 0.2) is 0 Å². The van der Waals surface area contributed by atoms with Crippen LogP contribution >= 0.6 is 11.8 Å². The number of esters is 1. The second-order valence-electron chi connectivity index (χ2n) is 3.23. The second-order valence-corrected chi connectivity index (χ2v) is 4.21. The van der Waals surface area contributed by atoms with E-state index in [0.717, 1.165) is 12.2 Å². The second kappa shape index (κ2) is 6.27. The minimum atomic E-state index is -0.501. The highest BCUT2D eigenvalue weighted by atomic mass is 32.2. The SMILES string of the molecule is CCOC(=O)C(C)(CN)CCSC. The fourth-order valence-corrected chi connectivity index (χ4v) is 1.57. The van der Waals surface area contributed by atoms with Crippen LogP contribution in [0.5, 0.6) is 0 Å². The van der Waals surface area contributed by atoms with Crippen LogP contribution in [0.1, 0.15) is 20.3 Å². The van der Waals surface area contributed by atoms with Crippen molar-refractivity contribution in [3.05, 3.63) is 0 Å². The van der Waals surface area contributed by atoms with E-state index in [1.807, 2.05) is 20.1 Å². The van der Waals surface area contributed by atoms with Crippen LogP contribution in [0.4, 0.5) is 0 Å². The molecule has 0 aliphatic heterocycles. The van der Waals surface area contributed by atoms with Crippen LogP contribution < -0.4 is 5.73 Å². The van der Waals surface area contributed by atoms with Crippen molar-refractivity contribution < 1.29 is 9.53 Å². The maximum Gasteiger partial charge on any atom is 0.313 e. The third-order valence-corrected chi connectivity index (χ3v) is 2.69. The third-order valence-electron chi connectivity index (χ3n) is 2.08. The van der Waals surface area contributed by atoms with Gasteiger partial charge in [0.05, 0.1) is 12.0 Å². The summed E-state index contributed by atoms with van der Waals surface area (Å²) >= 11 is 1.72. The topological polar surface area (TPSA) is 52.3 Å². The maximum atomic E-state index is 11.5. The summed E-state index contributed by atoms with van der Waals surface area (Å²) in [6.07, 6.45) is 2.80. The molecule has 0 aromatic carbocycles. The summed E-state index contributed by atoms with van der Waals surface area (Å²) in [6.45, 7) is 4.45. The summed E-state index contributed by atoms with van der Waals surface area (Å²) in [5.41, 5.74) is 5.07. The number of ether oxygens (including phenoxy) is 1. The van der Waals surface area contributed by atoms with E-state index in [-0.39, 0.29) is 5.97 Å². The van der Waals surface area contributed by atoms with E-state index in [2.05, 4.69) is 0 Å². The van der Waals surface area contributed by atoms with E-state index < -0.39 is 5.41 Å². The molecule has 0 heterocycles. The van der Waals surface area contributed by atoms with E-state index in [1.165, 1.54) is 0 Å². The number of nitrogens with two attached hydrogens (primary N) is 1. The van der Waals surface area contributed by atoms with E-state index >= 15 is 0 Å². The Bertz CT molecular complexity index is 164. The summed E-state index contributed by atoms with van der Waals surface area (Å²) in [6, 6.07) is 0. The van der Waals surface area contributed by atoms with Gasteiger partial charge < -0.3 is 10.5 Å². The predicted molar refractivity (Wildman–Crippen MR) is 56.8 cm³/mol. The Morgan fingerprint density at radius 2 is 2.23 bits per heavy atom. The van der Waals surface area contributed by atoms with E-state index in [0.29, 0.717) is 13.2 Å². The van der Waals surface area contributed by atoms with Crippen molar-refractivity contribution >= 4 is 17.7 Å². The first-order chi connectivity index (χ1) is 6.10. The van der Waals surface area contributed by atoms with Crippen molar-refractivity contribution in [1.29, 1.82) is 0 Å². The van der Waals surface area contributed by atoms with Crippen molar-refractivity contribution in [3.8, 4) is 0 Å². The molecular formula is C9H19NO2S. The molecule has 2 N–H and O–H groups in total. The molecule has 0 radical (unpaired) electrons. The Kier molecular flexibility index (Phi) is 6.16. The lowest BCUT2D eigenvalue weighted by Crippen LogP contribution is -2.37. The van der Waals surface area contributed by atoms with Gasteiger partial charge in [-0.1, -0.05) is 0 Å². The van der Waals surface area contributed by atoms with Gasteiger partial charge in [-0.2, -0.15) is 11.8 Å². The van der Waals surface area contributed by atoms with Gasteiger partial charge in [-0.15, -0.1) is 0 Å². The number of carbonyl (C=O) groups excluding carboxylic acids is 1. The highest BCUT2D eigenvalue weighted by molar-refractivity contribution is 7.98. The zero-order valence-electron chi connectivity index (χ0n) is 8.63. The summed E-state index contributed by atoms with van der Waals surface area (Å²) in [4.78, 5) is 11.5. The lowest BCUT2D eigenvalue weighted by Gasteiger charge is -2.24. The van der Waals surface area contributed by atoms with Gasteiger partial charge in [0.2, 0.25) is 0 Å². The van der Waals surface area contributed by atoms with Crippen LogP contribution in [0.25, 0.3) is 0 Å². The number of carbonyl (C=O) groups is 1. The number of hydrogen-bond acceptors (Lipinski definition) is 4. The van der Waals surface area contributed by atoms with Gasteiger partial charge in [-0.3, -0.25) is 4.79 Å². The van der Waals surface area contributed by atoms with Gasteiger partial charge in [0.25, 0.3) is 0 Å². The fourth-order valence-electron chi connectivity index (χ4n) is 0.920. The van der Waals surface area contributed by atoms with Crippen LogP contribution in [-0.2, 0) is 9.53 Å². The highest BCUT2D eigenvalue weighted by Gasteiger charge is 2.32. The van der Waals surface area contributed by atoms with Crippen molar-refractivity contribution in [1.82, 2.24) is 0 Å². The summed E-state index contributed by atoms with van der Waals surface area (Å²) < 4.78 is 4.97. The Balaban J connectivity index is 4.16. The number of hydrogen-bond donors (Lipinski definition) is 1. The number of thioether (sulfide) groups is 1. The van der Waals surface area contributed by atoms with Crippen LogP contribution in [0, 0.1) is 5.41 Å². The summed E-state index contributed by atoms with van der Waals surface area (Å²) in [5, 5.41) is 0. The summed E-state index contributed by atoms with van der Waals surface area (Å²) in [5.74, 6) is 0.763. The van der Waals surface area contributed by atoms with E-state index in [1.54, 1.807) is 11.8 Å². The van der Waals surface area contributed by atoms with Crippen molar-refractivity contribution in [3.63, 3.8) is 0 Å². The quantitative estimate of drug-likeness (QED) is 0.663. The number of rotatable bonds is 6. The molecule has 13 heavy (non-hydrogen) atoms. The Morgan fingerprint density at radius 3 is 2.62 bits per heavy atom. The molecule has 0 bridgehead atoms. The Hall–Kier alpha value is -0.220. The van der Waals surface area contributed by atoms with Gasteiger partial charge in [0.1, 0.15) is 0 Å². The molecule has 78 valence electrons. The zero-order valence-corrected chi connectivity index (χ0v) is 9.45. The predicted octanol–water partition coefficient (Wildman–Crippen LogP) is 1.27. The van der Waals surface area contributed by atoms with Crippen molar-refractivity contribution in [2.45, 2.75) is 20.3 Å². The first kappa shape index (κ1) is 12.8. The molecule has 0 aromatic rings. The van der Waals surface area contributed by atoms with Gasteiger partial charge in [-0.05, 0) is 32.3 Å². The van der Waals surface area contributed by atoms with Gasteiger partial charge in [0, 0.05) is 6.54 Å². The molecule has 1 unspecified atom stereocenters. The molecular weight excluding hydrogens is 186 g/mol. The Morgan fingerprint density at radius 1 is 1.62 bits per heavy atom. The van der Waals surface area contributed by atoms with E-state index in [9.17, 15) is 4.79 Å². The smallest absolute Gasteiger partial charge is 0.313 e. The molecule has 4 heteroatoms. The zero-order chi connectivity index (χ0) is 10.3. The largest absolute Gasteiger partial charge is 0.466 e. The van der Waals surface area contributed by atoms with E-state index in [4.69, 9.17) is 10.5 Å². The minimum absolute atomic E-state index is 0.174. The normalized spacial score (nSPS) is 15.1. The molecule has 1 atom stereocenters. The molecule has 0 aromatic heterocycles. The molecule has 0 saturated carbocycles. The third kappa shape index (κ3) is 4.00. The molecule has 0 fully saturated rings. The fraction of sp³-hybridized carbons (Fsp3) is 0.889. The molecule has 0 amide bonds. The van der Waals surface area contributed by atoms with Gasteiger partial charge >= 0.3 is 5.97 Å². The lowest BCUT2D eigenvalue weighted by molar-refractivity contribution is -0.153. The molecule has 0 spiro atoms. The monoisotopic (exact) mass is 205 g/mol. The molecule has 0 saturated heterocycles. The average molecular weight is 205 g/mol. The first-order valence-electron chi connectivity index (χ1n) is 4.47. The molecule has 0 aliphatic rings. The van der Waals surface area contributed by atoms with Crippen molar-refractivity contribution in [2.75, 3.05) is 25.2 Å². The van der Waals surface area contributed by atoms with Crippen LogP contribution in [-0.4, -0.2) is 31.1 Å². The van der Waals surface area contributed by atoms with Crippen molar-refractivity contribution in [2.24, 2.45) is 11.1 Å². The maximum absolute atomic E-state index is 11.5. The standard InChI is InChI=1S/C9H19NO2S/c1-4-12-8(11)9(2,7-10)5-6-13-3/h4-7,10H2,1-3H3. The summed E-state index contributed by atoms with van der Waals surface area (Å²) in [7, 11) is 0. The van der Waals surface area contributed by atoms with Crippen LogP contribution in [0.2, 0.25) is 0 Å². The Labute approximate surface area is 84.4 Å². The van der Waals surface area contributed by atoms with Gasteiger partial charge in [-0.25, -0.2) is 0 Å². The highest BCUT2D eigenvalue weighted by Crippen LogP contribution is 2.23. The van der Waals surface area contributed by atoms with Crippen LogP contribution in [0.3, 0.4) is 0 Å². The molecule has 0 rings (SSSR count). The minimum Gasteiger partial charge on any atom is -0.466 e. The first-order valence-corrected chi connectivity index (χ1v) is 5.86. The molecule has 0 aliphatic carbocycles. The lowest BCUT2D eigenvalue weighted by atomic mass is 9.88. The molecule has 3 nitrogen and oxygen atoms in total. The average Bonchev–Trinajstić information content (AvgIpc) is 2.14.